The van der Waals surface area contributed by atoms with Crippen LogP contribution in [0.2, 0.25) is 0 Å². The van der Waals surface area contributed by atoms with E-state index in [-0.39, 0.29) is 12.4 Å². The number of hydrogen-bond acceptors (Lipinski definition) is 5. The van der Waals surface area contributed by atoms with Crippen LogP contribution in [0.3, 0.4) is 0 Å². The molecule has 3 rings (SSSR count). The third-order valence-corrected chi connectivity index (χ3v) is 4.32. The Labute approximate surface area is 158 Å². The van der Waals surface area contributed by atoms with Crippen molar-refractivity contribution in [3.63, 3.8) is 0 Å². The van der Waals surface area contributed by atoms with Crippen LogP contribution < -0.4 is 9.47 Å². The van der Waals surface area contributed by atoms with Gasteiger partial charge in [0.15, 0.2) is 11.5 Å². The molecule has 0 fully saturated rings. The smallest absolute Gasteiger partial charge is 0.367 e. The Kier molecular flexibility index (Phi) is 5.37. The standard InChI is InChI=1S/C19H15BrFNO4/c1-11-15(19(23)26-22-11)7-13-8-16(20)18(17(9-13)24-2)25-10-12-3-5-14(21)6-4-12/h3-9H,10H2,1-2H3/b15-7-. The summed E-state index contributed by atoms with van der Waals surface area (Å²) in [5, 5.41) is 3.65. The molecule has 7 heteroatoms. The summed E-state index contributed by atoms with van der Waals surface area (Å²) in [6, 6.07) is 9.62. The Bertz CT molecular complexity index is 907. The van der Waals surface area contributed by atoms with Crippen molar-refractivity contribution < 1.29 is 23.5 Å². The summed E-state index contributed by atoms with van der Waals surface area (Å²) in [5.41, 5.74) is 2.46. The summed E-state index contributed by atoms with van der Waals surface area (Å²) in [6.45, 7) is 1.96. The highest BCUT2D eigenvalue weighted by Crippen LogP contribution is 2.38. The molecule has 0 bridgehead atoms. The molecule has 0 aliphatic carbocycles. The number of hydrogen-bond donors (Lipinski definition) is 0. The van der Waals surface area contributed by atoms with Crippen LogP contribution in [-0.4, -0.2) is 18.8 Å². The molecular weight excluding hydrogens is 405 g/mol. The quantitative estimate of drug-likeness (QED) is 0.529. The molecule has 0 saturated carbocycles. The number of nitrogens with zero attached hydrogens (tertiary/aromatic N) is 1. The van der Waals surface area contributed by atoms with E-state index in [0.29, 0.717) is 27.3 Å². The van der Waals surface area contributed by atoms with Crippen LogP contribution >= 0.6 is 15.9 Å². The minimum atomic E-state index is -0.491. The lowest BCUT2D eigenvalue weighted by Gasteiger charge is -2.14. The van der Waals surface area contributed by atoms with Gasteiger partial charge in [0, 0.05) is 0 Å². The van der Waals surface area contributed by atoms with Crippen molar-refractivity contribution >= 4 is 33.7 Å². The number of methoxy groups -OCH3 is 1. The van der Waals surface area contributed by atoms with Crippen molar-refractivity contribution in [2.75, 3.05) is 7.11 Å². The molecule has 0 spiro atoms. The summed E-state index contributed by atoms with van der Waals surface area (Å²) >= 11 is 3.46. The molecule has 0 atom stereocenters. The molecule has 0 aromatic heterocycles. The normalized spacial score (nSPS) is 15.0. The fraction of sp³-hybridized carbons (Fsp3) is 0.158. The second kappa shape index (κ2) is 7.70. The first-order valence-electron chi connectivity index (χ1n) is 7.70. The third-order valence-electron chi connectivity index (χ3n) is 3.73. The maximum atomic E-state index is 13.0. The van der Waals surface area contributed by atoms with Gasteiger partial charge in [0.05, 0.1) is 22.9 Å². The summed E-state index contributed by atoms with van der Waals surface area (Å²) in [7, 11) is 1.53. The number of rotatable bonds is 5. The van der Waals surface area contributed by atoms with Crippen LogP contribution in [-0.2, 0) is 16.2 Å². The predicted molar refractivity (Wildman–Crippen MR) is 98.6 cm³/mol. The first kappa shape index (κ1) is 18.1. The second-order valence-electron chi connectivity index (χ2n) is 5.56. The van der Waals surface area contributed by atoms with E-state index in [2.05, 4.69) is 25.9 Å². The molecule has 0 radical (unpaired) electrons. The van der Waals surface area contributed by atoms with E-state index in [4.69, 9.17) is 9.47 Å². The highest BCUT2D eigenvalue weighted by Gasteiger charge is 2.22. The van der Waals surface area contributed by atoms with Gasteiger partial charge < -0.3 is 14.3 Å². The molecule has 0 saturated heterocycles. The van der Waals surface area contributed by atoms with Gasteiger partial charge in [-0.15, -0.1) is 0 Å². The van der Waals surface area contributed by atoms with Gasteiger partial charge in [-0.2, -0.15) is 0 Å². The van der Waals surface area contributed by atoms with E-state index >= 15 is 0 Å². The van der Waals surface area contributed by atoms with Crippen molar-refractivity contribution in [2.45, 2.75) is 13.5 Å². The van der Waals surface area contributed by atoms with Crippen molar-refractivity contribution in [1.29, 1.82) is 0 Å². The Morgan fingerprint density at radius 3 is 2.62 bits per heavy atom. The van der Waals surface area contributed by atoms with E-state index in [1.54, 1.807) is 37.3 Å². The molecule has 1 aliphatic rings. The van der Waals surface area contributed by atoms with E-state index in [1.807, 2.05) is 0 Å². The molecule has 5 nitrogen and oxygen atoms in total. The van der Waals surface area contributed by atoms with E-state index in [0.717, 1.165) is 11.1 Å². The predicted octanol–water partition coefficient (Wildman–Crippen LogP) is 4.49. The maximum absolute atomic E-state index is 13.0. The first-order valence-corrected chi connectivity index (χ1v) is 8.50. The average molecular weight is 420 g/mol. The van der Waals surface area contributed by atoms with Crippen molar-refractivity contribution in [1.82, 2.24) is 0 Å². The molecule has 2 aromatic carbocycles. The van der Waals surface area contributed by atoms with Crippen LogP contribution in [0.25, 0.3) is 6.08 Å². The van der Waals surface area contributed by atoms with E-state index in [9.17, 15) is 9.18 Å². The summed E-state index contributed by atoms with van der Waals surface area (Å²) in [6.07, 6.45) is 1.67. The number of ether oxygens (including phenoxy) is 2. The van der Waals surface area contributed by atoms with Gasteiger partial charge in [0.2, 0.25) is 0 Å². The molecule has 0 unspecified atom stereocenters. The fourth-order valence-corrected chi connectivity index (χ4v) is 2.96. The maximum Gasteiger partial charge on any atom is 0.367 e. The molecule has 0 N–H and O–H groups in total. The highest BCUT2D eigenvalue weighted by atomic mass is 79.9. The van der Waals surface area contributed by atoms with E-state index < -0.39 is 5.97 Å². The largest absolute Gasteiger partial charge is 0.493 e. The van der Waals surface area contributed by atoms with Gasteiger partial charge in [-0.25, -0.2) is 9.18 Å². The lowest BCUT2D eigenvalue weighted by atomic mass is 10.1. The van der Waals surface area contributed by atoms with Crippen molar-refractivity contribution in [3.8, 4) is 11.5 Å². The average Bonchev–Trinajstić information content (AvgIpc) is 2.94. The number of halogens is 2. The molecule has 0 amide bonds. The lowest BCUT2D eigenvalue weighted by molar-refractivity contribution is -0.136. The number of carbonyl (C=O) groups excluding carboxylic acids is 1. The summed E-state index contributed by atoms with van der Waals surface area (Å²) in [5.74, 6) is 0.219. The van der Waals surface area contributed by atoms with Gasteiger partial charge in [-0.3, -0.25) is 0 Å². The van der Waals surface area contributed by atoms with Crippen LogP contribution in [0.15, 0.2) is 51.6 Å². The van der Waals surface area contributed by atoms with Crippen molar-refractivity contribution in [2.24, 2.45) is 5.16 Å². The molecule has 1 aliphatic heterocycles. The first-order chi connectivity index (χ1) is 12.5. The second-order valence-corrected chi connectivity index (χ2v) is 6.42. The molecule has 26 heavy (non-hydrogen) atoms. The fourth-order valence-electron chi connectivity index (χ4n) is 2.39. The number of carbonyl (C=O) groups is 1. The van der Waals surface area contributed by atoms with Gasteiger partial charge in [0.25, 0.3) is 0 Å². The third kappa shape index (κ3) is 3.94. The monoisotopic (exact) mass is 419 g/mol. The molecular formula is C19H15BrFNO4. The van der Waals surface area contributed by atoms with Crippen LogP contribution in [0.4, 0.5) is 4.39 Å². The SMILES string of the molecule is COc1cc(/C=C2\C(=O)ON=C2C)cc(Br)c1OCc1ccc(F)cc1. The van der Waals surface area contributed by atoms with Crippen LogP contribution in [0.1, 0.15) is 18.1 Å². The highest BCUT2D eigenvalue weighted by molar-refractivity contribution is 9.10. The Hall–Kier alpha value is -2.67. The minimum absolute atomic E-state index is 0.258. The van der Waals surface area contributed by atoms with Crippen LogP contribution in [0, 0.1) is 5.82 Å². The van der Waals surface area contributed by atoms with Gasteiger partial charge >= 0.3 is 5.97 Å². The zero-order chi connectivity index (χ0) is 18.7. The minimum Gasteiger partial charge on any atom is -0.493 e. The van der Waals surface area contributed by atoms with E-state index in [1.165, 1.54) is 19.2 Å². The van der Waals surface area contributed by atoms with Gasteiger partial charge in [0.1, 0.15) is 12.4 Å². The summed E-state index contributed by atoms with van der Waals surface area (Å²) < 4.78 is 24.9. The number of oxime groups is 1. The van der Waals surface area contributed by atoms with Crippen LogP contribution in [0.5, 0.6) is 11.5 Å². The molecule has 1 heterocycles. The number of benzene rings is 2. The van der Waals surface area contributed by atoms with Gasteiger partial charge in [-0.1, -0.05) is 17.3 Å². The topological polar surface area (TPSA) is 57.1 Å². The molecule has 134 valence electrons. The lowest BCUT2D eigenvalue weighted by Crippen LogP contribution is -2.02. The molecule has 2 aromatic rings. The Morgan fingerprint density at radius 1 is 1.27 bits per heavy atom. The Morgan fingerprint density at radius 2 is 2.00 bits per heavy atom. The van der Waals surface area contributed by atoms with Crippen molar-refractivity contribution in [3.05, 3.63) is 63.4 Å². The zero-order valence-corrected chi connectivity index (χ0v) is 15.7. The zero-order valence-electron chi connectivity index (χ0n) is 14.1. The van der Waals surface area contributed by atoms with Gasteiger partial charge in [-0.05, 0) is 64.3 Å². The summed E-state index contributed by atoms with van der Waals surface area (Å²) in [4.78, 5) is 16.3. The Balaban J connectivity index is 1.85.